The van der Waals surface area contributed by atoms with Crippen LogP contribution in [0.2, 0.25) is 0 Å². The van der Waals surface area contributed by atoms with Crippen molar-refractivity contribution in [3.8, 4) is 0 Å². The summed E-state index contributed by atoms with van der Waals surface area (Å²) in [6, 6.07) is 22.2. The number of nitrogens with zero attached hydrogens (tertiary/aromatic N) is 1. The fourth-order valence-electron chi connectivity index (χ4n) is 5.61. The largest absolute Gasteiger partial charge is 0.353 e. The Morgan fingerprint density at radius 2 is 1.76 bits per heavy atom. The van der Waals surface area contributed by atoms with Gasteiger partial charge in [-0.1, -0.05) is 67.4 Å². The third-order valence-corrected chi connectivity index (χ3v) is 8.25. The third kappa shape index (κ3) is 4.54. The second-order valence-corrected chi connectivity index (χ2v) is 10.6. The monoisotopic (exact) mass is 472 g/mol. The standard InChI is InChI=1S/C29H32N2O2S/c1-20(17-18-21-10-3-2-4-11-21)30-28(32)26-23-14-7-8-15-24(23)29(33)31(22-12-5-6-13-22)27(26)25-16-9-19-34-25/h2-4,7-11,14-16,19-20,22,26-27H,5-6,12-13,17-18H2,1H3,(H,30,32). The van der Waals surface area contributed by atoms with E-state index in [2.05, 4.69) is 47.5 Å². The Bertz CT molecular complexity index is 1120. The summed E-state index contributed by atoms with van der Waals surface area (Å²) < 4.78 is 0. The van der Waals surface area contributed by atoms with Gasteiger partial charge in [0.1, 0.15) is 0 Å². The molecule has 5 heteroatoms. The molecule has 2 aromatic carbocycles. The number of amides is 2. The fourth-order valence-corrected chi connectivity index (χ4v) is 6.47. The van der Waals surface area contributed by atoms with E-state index in [-0.39, 0.29) is 29.9 Å². The van der Waals surface area contributed by atoms with E-state index in [9.17, 15) is 9.59 Å². The van der Waals surface area contributed by atoms with Crippen LogP contribution in [0.5, 0.6) is 0 Å². The lowest BCUT2D eigenvalue weighted by molar-refractivity contribution is -0.125. The lowest BCUT2D eigenvalue weighted by Gasteiger charge is -2.44. The van der Waals surface area contributed by atoms with Crippen LogP contribution in [0.4, 0.5) is 0 Å². The van der Waals surface area contributed by atoms with Crippen LogP contribution in [-0.4, -0.2) is 28.8 Å². The van der Waals surface area contributed by atoms with E-state index in [1.807, 2.05) is 41.8 Å². The molecule has 5 rings (SSSR count). The van der Waals surface area contributed by atoms with Crippen molar-refractivity contribution in [2.45, 2.75) is 69.5 Å². The van der Waals surface area contributed by atoms with Gasteiger partial charge in [-0.3, -0.25) is 9.59 Å². The number of hydrogen-bond donors (Lipinski definition) is 1. The molecule has 4 nitrogen and oxygen atoms in total. The summed E-state index contributed by atoms with van der Waals surface area (Å²) in [5.41, 5.74) is 2.81. The van der Waals surface area contributed by atoms with E-state index in [4.69, 9.17) is 0 Å². The van der Waals surface area contributed by atoms with Crippen LogP contribution in [0.3, 0.4) is 0 Å². The first-order valence-corrected chi connectivity index (χ1v) is 13.3. The summed E-state index contributed by atoms with van der Waals surface area (Å²) in [6.07, 6.45) is 6.10. The summed E-state index contributed by atoms with van der Waals surface area (Å²) in [6.45, 7) is 2.08. The van der Waals surface area contributed by atoms with Crippen LogP contribution in [-0.2, 0) is 11.2 Å². The first-order valence-electron chi connectivity index (χ1n) is 12.4. The molecule has 1 N–H and O–H groups in total. The molecule has 1 aliphatic carbocycles. The Hall–Kier alpha value is -2.92. The molecule has 2 aliphatic rings. The van der Waals surface area contributed by atoms with Crippen molar-refractivity contribution >= 4 is 23.2 Å². The smallest absolute Gasteiger partial charge is 0.254 e. The summed E-state index contributed by atoms with van der Waals surface area (Å²) in [4.78, 5) is 30.8. The zero-order chi connectivity index (χ0) is 23.5. The van der Waals surface area contributed by atoms with E-state index >= 15 is 0 Å². The minimum Gasteiger partial charge on any atom is -0.353 e. The Morgan fingerprint density at radius 1 is 1.03 bits per heavy atom. The van der Waals surface area contributed by atoms with Gasteiger partial charge < -0.3 is 10.2 Å². The van der Waals surface area contributed by atoms with E-state index in [0.29, 0.717) is 5.56 Å². The number of fused-ring (bicyclic) bond motifs is 1. The first kappa shape index (κ1) is 22.9. The predicted octanol–water partition coefficient (Wildman–Crippen LogP) is 6.11. The van der Waals surface area contributed by atoms with Crippen LogP contribution >= 0.6 is 11.3 Å². The van der Waals surface area contributed by atoms with Gasteiger partial charge in [-0.05, 0) is 61.2 Å². The van der Waals surface area contributed by atoms with Crippen molar-refractivity contribution in [3.05, 3.63) is 93.7 Å². The number of carbonyl (C=O) groups is 2. The number of aryl methyl sites for hydroxylation is 1. The van der Waals surface area contributed by atoms with Gasteiger partial charge in [-0.25, -0.2) is 0 Å². The number of carbonyl (C=O) groups excluding carboxylic acids is 2. The van der Waals surface area contributed by atoms with E-state index < -0.39 is 5.92 Å². The average Bonchev–Trinajstić information content (AvgIpc) is 3.58. The molecule has 176 valence electrons. The number of benzene rings is 2. The van der Waals surface area contributed by atoms with Gasteiger partial charge in [-0.2, -0.15) is 0 Å². The van der Waals surface area contributed by atoms with Crippen LogP contribution in [0.15, 0.2) is 72.1 Å². The zero-order valence-corrected chi connectivity index (χ0v) is 20.5. The molecule has 3 aromatic rings. The number of hydrogen-bond acceptors (Lipinski definition) is 3. The number of rotatable bonds is 7. The Morgan fingerprint density at radius 3 is 2.50 bits per heavy atom. The highest BCUT2D eigenvalue weighted by molar-refractivity contribution is 7.10. The predicted molar refractivity (Wildman–Crippen MR) is 137 cm³/mol. The van der Waals surface area contributed by atoms with Gasteiger partial charge in [0.05, 0.1) is 12.0 Å². The molecule has 34 heavy (non-hydrogen) atoms. The van der Waals surface area contributed by atoms with Crippen LogP contribution < -0.4 is 5.32 Å². The van der Waals surface area contributed by atoms with Crippen molar-refractivity contribution in [1.82, 2.24) is 10.2 Å². The molecule has 2 amide bonds. The maximum atomic E-state index is 13.9. The molecule has 1 fully saturated rings. The SMILES string of the molecule is CC(CCc1ccccc1)NC(=O)C1c2ccccc2C(=O)N(C2CCCC2)C1c1cccs1. The second-order valence-electron chi connectivity index (χ2n) is 9.61. The van der Waals surface area contributed by atoms with E-state index in [1.165, 1.54) is 5.56 Å². The second kappa shape index (κ2) is 10.1. The Labute approximate surface area is 206 Å². The van der Waals surface area contributed by atoms with Gasteiger partial charge in [0.25, 0.3) is 5.91 Å². The number of thiophene rings is 1. The summed E-state index contributed by atoms with van der Waals surface area (Å²) in [5.74, 6) is -0.323. The first-order chi connectivity index (χ1) is 16.6. The van der Waals surface area contributed by atoms with Gasteiger partial charge in [-0.15, -0.1) is 11.3 Å². The van der Waals surface area contributed by atoms with E-state index in [0.717, 1.165) is 49.0 Å². The van der Waals surface area contributed by atoms with Crippen molar-refractivity contribution in [2.24, 2.45) is 0 Å². The quantitative estimate of drug-likeness (QED) is 0.451. The molecular formula is C29H32N2O2S. The minimum atomic E-state index is -0.410. The Kier molecular flexibility index (Phi) is 6.82. The molecule has 0 saturated heterocycles. The average molecular weight is 473 g/mol. The van der Waals surface area contributed by atoms with Crippen LogP contribution in [0, 0.1) is 0 Å². The number of nitrogens with one attached hydrogen (secondary N) is 1. The zero-order valence-electron chi connectivity index (χ0n) is 19.7. The molecular weight excluding hydrogens is 440 g/mol. The molecule has 1 aromatic heterocycles. The van der Waals surface area contributed by atoms with Crippen LogP contribution in [0.1, 0.15) is 77.3 Å². The fraction of sp³-hybridized carbons (Fsp3) is 0.379. The molecule has 1 saturated carbocycles. The summed E-state index contributed by atoms with van der Waals surface area (Å²) in [5, 5.41) is 5.35. The molecule has 1 aliphatic heterocycles. The lowest BCUT2D eigenvalue weighted by atomic mass is 9.80. The topological polar surface area (TPSA) is 49.4 Å². The molecule has 3 unspecified atom stereocenters. The molecule has 0 spiro atoms. The third-order valence-electron chi connectivity index (χ3n) is 7.31. The highest BCUT2D eigenvalue weighted by Crippen LogP contribution is 2.47. The lowest BCUT2D eigenvalue weighted by Crippen LogP contribution is -2.51. The van der Waals surface area contributed by atoms with Gasteiger partial charge in [0, 0.05) is 22.5 Å². The molecule has 0 bridgehead atoms. The molecule has 0 radical (unpaired) electrons. The molecule has 2 heterocycles. The van der Waals surface area contributed by atoms with E-state index in [1.54, 1.807) is 11.3 Å². The molecule has 3 atom stereocenters. The normalized spacial score (nSPS) is 21.3. The highest BCUT2D eigenvalue weighted by atomic mass is 32.1. The van der Waals surface area contributed by atoms with Gasteiger partial charge >= 0.3 is 0 Å². The maximum Gasteiger partial charge on any atom is 0.254 e. The summed E-state index contributed by atoms with van der Waals surface area (Å²) >= 11 is 1.64. The summed E-state index contributed by atoms with van der Waals surface area (Å²) in [7, 11) is 0. The van der Waals surface area contributed by atoms with Gasteiger partial charge in [0.15, 0.2) is 0 Å². The maximum absolute atomic E-state index is 13.9. The van der Waals surface area contributed by atoms with Gasteiger partial charge in [0.2, 0.25) is 5.91 Å². The van der Waals surface area contributed by atoms with Crippen molar-refractivity contribution < 1.29 is 9.59 Å². The van der Waals surface area contributed by atoms with Crippen LogP contribution in [0.25, 0.3) is 0 Å². The highest BCUT2D eigenvalue weighted by Gasteiger charge is 2.47. The van der Waals surface area contributed by atoms with Crippen molar-refractivity contribution in [2.75, 3.05) is 0 Å². The Balaban J connectivity index is 1.45. The van der Waals surface area contributed by atoms with Crippen molar-refractivity contribution in [3.63, 3.8) is 0 Å². The van der Waals surface area contributed by atoms with Crippen molar-refractivity contribution in [1.29, 1.82) is 0 Å². The minimum absolute atomic E-state index is 0.0157.